The van der Waals surface area contributed by atoms with E-state index in [1.165, 1.54) is 38.6 Å². The molecule has 9 heteroatoms. The predicted molar refractivity (Wildman–Crippen MR) is 91.5 cm³/mol. The Morgan fingerprint density at radius 3 is 2.50 bits per heavy atom. The lowest BCUT2D eigenvalue weighted by atomic mass is 10.1. The quantitative estimate of drug-likeness (QED) is 0.728. The van der Waals surface area contributed by atoms with Crippen LogP contribution in [0.3, 0.4) is 0 Å². The molecule has 1 amide bonds. The standard InChI is InChI=1S/C17H17F3N2O3S/c1-9(11-7-13(24-2)14(25-3)8-12(11)18)22-15(23)10-5-4-6-21-16(10)26-17(19)20/h4-9,17H,1-3H3,(H,22,23). The van der Waals surface area contributed by atoms with Crippen molar-refractivity contribution in [2.45, 2.75) is 23.7 Å². The molecule has 0 bridgehead atoms. The zero-order valence-corrected chi connectivity index (χ0v) is 15.1. The van der Waals surface area contributed by atoms with Crippen molar-refractivity contribution >= 4 is 17.7 Å². The molecule has 140 valence electrons. The molecule has 1 unspecified atom stereocenters. The third-order valence-corrected chi connectivity index (χ3v) is 4.26. The molecule has 0 aliphatic carbocycles. The number of ether oxygens (including phenoxy) is 2. The van der Waals surface area contributed by atoms with Gasteiger partial charge in [0.05, 0.1) is 25.8 Å². The molecule has 0 aliphatic rings. The normalized spacial score (nSPS) is 12.0. The number of hydrogen-bond donors (Lipinski definition) is 1. The van der Waals surface area contributed by atoms with Gasteiger partial charge in [0.2, 0.25) is 0 Å². The Labute approximate surface area is 152 Å². The minimum absolute atomic E-state index is 0.00876. The van der Waals surface area contributed by atoms with Gasteiger partial charge in [-0.1, -0.05) is 0 Å². The second-order valence-electron chi connectivity index (χ2n) is 5.16. The van der Waals surface area contributed by atoms with Gasteiger partial charge in [0, 0.05) is 17.8 Å². The van der Waals surface area contributed by atoms with Crippen molar-refractivity contribution in [3.63, 3.8) is 0 Å². The zero-order chi connectivity index (χ0) is 19.3. The Morgan fingerprint density at radius 1 is 1.23 bits per heavy atom. The minimum atomic E-state index is -2.71. The molecular weight excluding hydrogens is 369 g/mol. The lowest BCUT2D eigenvalue weighted by Gasteiger charge is -2.18. The van der Waals surface area contributed by atoms with Crippen molar-refractivity contribution in [3.05, 3.63) is 47.4 Å². The van der Waals surface area contributed by atoms with Crippen LogP contribution in [-0.4, -0.2) is 30.9 Å². The number of alkyl halides is 2. The van der Waals surface area contributed by atoms with E-state index in [0.717, 1.165) is 6.07 Å². The highest BCUT2D eigenvalue weighted by atomic mass is 32.2. The summed E-state index contributed by atoms with van der Waals surface area (Å²) in [7, 11) is 2.79. The van der Waals surface area contributed by atoms with Crippen LogP contribution in [0.4, 0.5) is 13.2 Å². The summed E-state index contributed by atoms with van der Waals surface area (Å²) < 4.78 is 49.7. The molecule has 1 aromatic heterocycles. The fourth-order valence-corrected chi connectivity index (χ4v) is 2.87. The third kappa shape index (κ3) is 4.60. The van der Waals surface area contributed by atoms with Crippen molar-refractivity contribution in [1.82, 2.24) is 10.3 Å². The number of thioether (sulfide) groups is 1. The van der Waals surface area contributed by atoms with Gasteiger partial charge in [-0.25, -0.2) is 9.37 Å². The molecule has 1 aromatic carbocycles. The fraction of sp³-hybridized carbons (Fsp3) is 0.294. The van der Waals surface area contributed by atoms with E-state index in [1.54, 1.807) is 6.92 Å². The topological polar surface area (TPSA) is 60.5 Å². The largest absolute Gasteiger partial charge is 0.493 e. The molecule has 2 rings (SSSR count). The van der Waals surface area contributed by atoms with Crippen molar-refractivity contribution in [2.24, 2.45) is 0 Å². The van der Waals surface area contributed by atoms with Crippen LogP contribution in [0.15, 0.2) is 35.5 Å². The van der Waals surface area contributed by atoms with E-state index in [1.807, 2.05) is 0 Å². The first-order valence-corrected chi connectivity index (χ1v) is 8.37. The number of carbonyl (C=O) groups is 1. The minimum Gasteiger partial charge on any atom is -0.493 e. The Bertz CT molecular complexity index is 790. The first-order valence-electron chi connectivity index (χ1n) is 7.49. The van der Waals surface area contributed by atoms with Gasteiger partial charge < -0.3 is 14.8 Å². The Morgan fingerprint density at radius 2 is 1.88 bits per heavy atom. The van der Waals surface area contributed by atoms with E-state index in [2.05, 4.69) is 10.3 Å². The second-order valence-corrected chi connectivity index (χ2v) is 6.14. The number of pyridine rings is 1. The lowest BCUT2D eigenvalue weighted by molar-refractivity contribution is 0.0935. The molecule has 0 radical (unpaired) electrons. The molecule has 1 heterocycles. The Kier molecular flexibility index (Phi) is 6.73. The van der Waals surface area contributed by atoms with Crippen LogP contribution >= 0.6 is 11.8 Å². The van der Waals surface area contributed by atoms with E-state index in [4.69, 9.17) is 9.47 Å². The highest BCUT2D eigenvalue weighted by Gasteiger charge is 2.21. The summed E-state index contributed by atoms with van der Waals surface area (Å²) in [4.78, 5) is 16.2. The second kappa shape index (κ2) is 8.79. The van der Waals surface area contributed by atoms with Gasteiger partial charge in [0.1, 0.15) is 10.8 Å². The first-order chi connectivity index (χ1) is 12.4. The molecule has 0 saturated heterocycles. The molecule has 1 N–H and O–H groups in total. The summed E-state index contributed by atoms with van der Waals surface area (Å²) in [5.41, 5.74) is 0.161. The molecule has 0 saturated carbocycles. The first kappa shape index (κ1) is 19.9. The number of carbonyl (C=O) groups excluding carboxylic acids is 1. The number of amides is 1. The number of rotatable bonds is 7. The van der Waals surface area contributed by atoms with Crippen molar-refractivity contribution in [1.29, 1.82) is 0 Å². The average Bonchev–Trinajstić information content (AvgIpc) is 2.61. The van der Waals surface area contributed by atoms with Gasteiger partial charge in [0.25, 0.3) is 11.7 Å². The van der Waals surface area contributed by atoms with Gasteiger partial charge in [-0.3, -0.25) is 4.79 Å². The summed E-state index contributed by atoms with van der Waals surface area (Å²) in [6.45, 7) is 1.57. The molecule has 0 aliphatic heterocycles. The van der Waals surface area contributed by atoms with E-state index in [0.29, 0.717) is 5.75 Å². The highest BCUT2D eigenvalue weighted by molar-refractivity contribution is 7.99. The van der Waals surface area contributed by atoms with E-state index >= 15 is 0 Å². The SMILES string of the molecule is COc1cc(F)c(C(C)NC(=O)c2cccnc2SC(F)F)cc1OC. The summed E-state index contributed by atoms with van der Waals surface area (Å²) in [5.74, 6) is -3.42. The summed E-state index contributed by atoms with van der Waals surface area (Å²) >= 11 is 0.175. The van der Waals surface area contributed by atoms with E-state index in [9.17, 15) is 18.0 Å². The van der Waals surface area contributed by atoms with E-state index in [-0.39, 0.29) is 33.7 Å². The number of benzene rings is 1. The molecule has 26 heavy (non-hydrogen) atoms. The van der Waals surface area contributed by atoms with Crippen molar-refractivity contribution < 1.29 is 27.4 Å². The molecule has 0 fully saturated rings. The number of aromatic nitrogens is 1. The summed E-state index contributed by atoms with van der Waals surface area (Å²) in [6, 6.07) is 4.67. The Balaban J connectivity index is 2.25. The van der Waals surface area contributed by atoms with Crippen LogP contribution in [0.25, 0.3) is 0 Å². The molecular formula is C17H17F3N2O3S. The number of hydrogen-bond acceptors (Lipinski definition) is 5. The molecule has 1 atom stereocenters. The highest BCUT2D eigenvalue weighted by Crippen LogP contribution is 2.33. The number of methoxy groups -OCH3 is 2. The maximum absolute atomic E-state index is 14.3. The van der Waals surface area contributed by atoms with Crippen molar-refractivity contribution in [2.75, 3.05) is 14.2 Å². The van der Waals surface area contributed by atoms with Gasteiger partial charge in [-0.2, -0.15) is 8.78 Å². The fourth-order valence-electron chi connectivity index (χ4n) is 2.30. The van der Waals surface area contributed by atoms with Crippen LogP contribution < -0.4 is 14.8 Å². The summed E-state index contributed by atoms with van der Waals surface area (Å²) in [6.07, 6.45) is 1.32. The number of halogens is 3. The predicted octanol–water partition coefficient (Wildman–Crippen LogP) is 4.04. The van der Waals surface area contributed by atoms with Crippen molar-refractivity contribution in [3.8, 4) is 11.5 Å². The van der Waals surface area contributed by atoms with Crippen LogP contribution in [0.1, 0.15) is 28.9 Å². The molecule has 2 aromatic rings. The van der Waals surface area contributed by atoms with Gasteiger partial charge in [-0.15, -0.1) is 0 Å². The lowest BCUT2D eigenvalue weighted by Crippen LogP contribution is -2.28. The van der Waals surface area contributed by atoms with Gasteiger partial charge in [-0.05, 0) is 36.9 Å². The Hall–Kier alpha value is -2.42. The monoisotopic (exact) mass is 386 g/mol. The van der Waals surface area contributed by atoms with Gasteiger partial charge in [0.15, 0.2) is 11.5 Å². The average molecular weight is 386 g/mol. The van der Waals surface area contributed by atoms with Crippen LogP contribution in [0, 0.1) is 5.82 Å². The third-order valence-electron chi connectivity index (χ3n) is 3.53. The molecule has 0 spiro atoms. The molecule has 5 nitrogen and oxygen atoms in total. The van der Waals surface area contributed by atoms with Crippen LogP contribution in [0.2, 0.25) is 0 Å². The van der Waals surface area contributed by atoms with Crippen LogP contribution in [0.5, 0.6) is 11.5 Å². The maximum atomic E-state index is 14.3. The number of nitrogens with zero attached hydrogens (tertiary/aromatic N) is 1. The zero-order valence-electron chi connectivity index (χ0n) is 14.3. The van der Waals surface area contributed by atoms with E-state index < -0.39 is 23.5 Å². The summed E-state index contributed by atoms with van der Waals surface area (Å²) in [5, 5.41) is 2.48. The van der Waals surface area contributed by atoms with Gasteiger partial charge >= 0.3 is 0 Å². The van der Waals surface area contributed by atoms with Crippen LogP contribution in [-0.2, 0) is 0 Å². The maximum Gasteiger partial charge on any atom is 0.290 e. The smallest absolute Gasteiger partial charge is 0.290 e. The number of nitrogens with one attached hydrogen (secondary N) is 1.